The molecule has 1 aliphatic carbocycles. The van der Waals surface area contributed by atoms with Gasteiger partial charge in [-0.3, -0.25) is 4.79 Å². The van der Waals surface area contributed by atoms with E-state index in [1.807, 2.05) is 11.9 Å². The summed E-state index contributed by atoms with van der Waals surface area (Å²) in [5.41, 5.74) is 0.616. The molecule has 0 spiro atoms. The topological polar surface area (TPSA) is 33.5 Å². The molecule has 2 atom stereocenters. The highest BCUT2D eigenvalue weighted by Gasteiger charge is 2.27. The molecular formula is C13H18BrNO2. The van der Waals surface area contributed by atoms with Crippen LogP contribution in [-0.2, 0) is 0 Å². The van der Waals surface area contributed by atoms with Crippen molar-refractivity contribution in [2.75, 3.05) is 7.05 Å². The summed E-state index contributed by atoms with van der Waals surface area (Å²) in [6.07, 6.45) is 6.26. The van der Waals surface area contributed by atoms with E-state index in [0.29, 0.717) is 16.3 Å². The van der Waals surface area contributed by atoms with Crippen LogP contribution < -0.4 is 0 Å². The number of carbonyl (C=O) groups is 1. The average molecular weight is 300 g/mol. The minimum absolute atomic E-state index is 0.0460. The lowest BCUT2D eigenvalue weighted by molar-refractivity contribution is 0.0670. The fraction of sp³-hybridized carbons (Fsp3) is 0.615. The van der Waals surface area contributed by atoms with E-state index in [0.717, 1.165) is 18.8 Å². The Bertz CT molecular complexity index is 402. The summed E-state index contributed by atoms with van der Waals surface area (Å²) in [5, 5.41) is 0. The predicted octanol–water partition coefficient (Wildman–Crippen LogP) is 3.69. The lowest BCUT2D eigenvalue weighted by Gasteiger charge is -2.34. The molecule has 1 saturated carbocycles. The maximum Gasteiger partial charge on any atom is 0.258 e. The first-order valence-corrected chi connectivity index (χ1v) is 6.89. The van der Waals surface area contributed by atoms with Crippen LogP contribution >= 0.6 is 15.9 Å². The van der Waals surface area contributed by atoms with E-state index >= 15 is 0 Å². The molecule has 1 fully saturated rings. The van der Waals surface area contributed by atoms with Crippen molar-refractivity contribution in [1.82, 2.24) is 4.90 Å². The summed E-state index contributed by atoms with van der Waals surface area (Å²) in [4.78, 5) is 14.1. The molecule has 2 rings (SSSR count). The molecule has 0 radical (unpaired) electrons. The highest BCUT2D eigenvalue weighted by molar-refractivity contribution is 9.10. The second kappa shape index (κ2) is 5.25. The molecule has 4 heteroatoms. The number of carbonyl (C=O) groups excluding carboxylic acids is 1. The Morgan fingerprint density at radius 1 is 1.53 bits per heavy atom. The van der Waals surface area contributed by atoms with Crippen LogP contribution in [0, 0.1) is 5.92 Å². The molecular weight excluding hydrogens is 282 g/mol. The highest BCUT2D eigenvalue weighted by Crippen LogP contribution is 2.28. The Balaban J connectivity index is 2.07. The van der Waals surface area contributed by atoms with Gasteiger partial charge in [0.25, 0.3) is 5.91 Å². The van der Waals surface area contributed by atoms with Gasteiger partial charge in [0.2, 0.25) is 0 Å². The van der Waals surface area contributed by atoms with Crippen LogP contribution in [0.25, 0.3) is 0 Å². The van der Waals surface area contributed by atoms with Crippen molar-refractivity contribution >= 4 is 21.8 Å². The molecule has 17 heavy (non-hydrogen) atoms. The largest absolute Gasteiger partial charge is 0.457 e. The Morgan fingerprint density at radius 2 is 2.29 bits per heavy atom. The third-order valence-electron chi connectivity index (χ3n) is 3.63. The number of hydrogen-bond donors (Lipinski definition) is 0. The van der Waals surface area contributed by atoms with Gasteiger partial charge in [0.15, 0.2) is 4.67 Å². The molecule has 0 bridgehead atoms. The van der Waals surface area contributed by atoms with Crippen LogP contribution in [-0.4, -0.2) is 23.9 Å². The third kappa shape index (κ3) is 2.73. The Morgan fingerprint density at radius 3 is 2.88 bits per heavy atom. The van der Waals surface area contributed by atoms with Gasteiger partial charge < -0.3 is 9.32 Å². The van der Waals surface area contributed by atoms with E-state index in [1.165, 1.54) is 19.1 Å². The van der Waals surface area contributed by atoms with E-state index in [4.69, 9.17) is 4.42 Å². The molecule has 94 valence electrons. The maximum absolute atomic E-state index is 12.3. The van der Waals surface area contributed by atoms with Crippen molar-refractivity contribution < 1.29 is 9.21 Å². The van der Waals surface area contributed by atoms with E-state index < -0.39 is 0 Å². The number of nitrogens with zero attached hydrogens (tertiary/aromatic N) is 1. The zero-order valence-electron chi connectivity index (χ0n) is 10.3. The lowest BCUT2D eigenvalue weighted by Crippen LogP contribution is -2.39. The zero-order valence-corrected chi connectivity index (χ0v) is 11.9. The minimum atomic E-state index is 0.0460. The first-order chi connectivity index (χ1) is 8.09. The van der Waals surface area contributed by atoms with Crippen molar-refractivity contribution in [1.29, 1.82) is 0 Å². The van der Waals surface area contributed by atoms with Gasteiger partial charge in [-0.15, -0.1) is 0 Å². The van der Waals surface area contributed by atoms with Gasteiger partial charge in [-0.25, -0.2) is 0 Å². The quantitative estimate of drug-likeness (QED) is 0.834. The summed E-state index contributed by atoms with van der Waals surface area (Å²) in [5.74, 6) is 0.765. The second-order valence-electron chi connectivity index (χ2n) is 4.95. The first-order valence-electron chi connectivity index (χ1n) is 6.09. The molecule has 1 aromatic heterocycles. The molecule has 2 unspecified atom stereocenters. The Hall–Kier alpha value is -0.770. The predicted molar refractivity (Wildman–Crippen MR) is 69.9 cm³/mol. The van der Waals surface area contributed by atoms with E-state index in [2.05, 4.69) is 22.9 Å². The monoisotopic (exact) mass is 299 g/mol. The number of rotatable bonds is 2. The van der Waals surface area contributed by atoms with Crippen molar-refractivity contribution in [3.63, 3.8) is 0 Å². The summed E-state index contributed by atoms with van der Waals surface area (Å²) < 4.78 is 5.64. The summed E-state index contributed by atoms with van der Waals surface area (Å²) in [6, 6.07) is 2.09. The number of furan rings is 1. The van der Waals surface area contributed by atoms with Gasteiger partial charge in [-0.1, -0.05) is 19.8 Å². The SMILES string of the molecule is CC1CCCC(N(C)C(=O)c2ccoc2Br)C1. The van der Waals surface area contributed by atoms with Crippen LogP contribution in [0.1, 0.15) is 43.0 Å². The van der Waals surface area contributed by atoms with Crippen LogP contribution in [0.3, 0.4) is 0 Å². The van der Waals surface area contributed by atoms with E-state index in [-0.39, 0.29) is 5.91 Å². The van der Waals surface area contributed by atoms with Crippen molar-refractivity contribution in [2.24, 2.45) is 5.92 Å². The van der Waals surface area contributed by atoms with Gasteiger partial charge in [0.05, 0.1) is 11.8 Å². The fourth-order valence-electron chi connectivity index (χ4n) is 2.56. The molecule has 1 aromatic rings. The van der Waals surface area contributed by atoms with E-state index in [9.17, 15) is 4.79 Å². The van der Waals surface area contributed by atoms with Gasteiger partial charge in [0, 0.05) is 13.1 Å². The van der Waals surface area contributed by atoms with Crippen molar-refractivity contribution in [2.45, 2.75) is 38.6 Å². The zero-order chi connectivity index (χ0) is 12.4. The third-order valence-corrected chi connectivity index (χ3v) is 4.24. The molecule has 1 amide bonds. The lowest BCUT2D eigenvalue weighted by atomic mass is 9.86. The summed E-state index contributed by atoms with van der Waals surface area (Å²) in [7, 11) is 1.89. The van der Waals surface area contributed by atoms with Gasteiger partial charge in [-0.05, 0) is 40.8 Å². The van der Waals surface area contributed by atoms with Crippen LogP contribution in [0.2, 0.25) is 0 Å². The fourth-order valence-corrected chi connectivity index (χ4v) is 2.97. The molecule has 3 nitrogen and oxygen atoms in total. The summed E-state index contributed by atoms with van der Waals surface area (Å²) in [6.45, 7) is 2.26. The molecule has 0 saturated heterocycles. The van der Waals surface area contributed by atoms with Gasteiger partial charge in [-0.2, -0.15) is 0 Å². The number of hydrogen-bond acceptors (Lipinski definition) is 2. The molecule has 0 N–H and O–H groups in total. The normalized spacial score (nSPS) is 24.6. The smallest absolute Gasteiger partial charge is 0.258 e. The summed E-state index contributed by atoms with van der Waals surface area (Å²) >= 11 is 3.26. The molecule has 0 aliphatic heterocycles. The standard InChI is InChI=1S/C13H18BrNO2/c1-9-4-3-5-10(8-9)15(2)13(16)11-6-7-17-12(11)14/h6-7,9-10H,3-5,8H2,1-2H3. The van der Waals surface area contributed by atoms with Crippen LogP contribution in [0.5, 0.6) is 0 Å². The average Bonchev–Trinajstić information content (AvgIpc) is 2.73. The number of halogens is 1. The van der Waals surface area contributed by atoms with E-state index in [1.54, 1.807) is 6.07 Å². The molecule has 1 heterocycles. The Kier molecular flexibility index (Phi) is 3.92. The van der Waals surface area contributed by atoms with Crippen molar-refractivity contribution in [3.8, 4) is 0 Å². The van der Waals surface area contributed by atoms with Gasteiger partial charge in [0.1, 0.15) is 0 Å². The molecule has 0 aromatic carbocycles. The Labute approximate surface area is 110 Å². The second-order valence-corrected chi connectivity index (χ2v) is 5.67. The minimum Gasteiger partial charge on any atom is -0.457 e. The van der Waals surface area contributed by atoms with Gasteiger partial charge >= 0.3 is 0 Å². The number of amides is 1. The van der Waals surface area contributed by atoms with Crippen LogP contribution in [0.15, 0.2) is 21.4 Å². The maximum atomic E-state index is 12.3. The first kappa shape index (κ1) is 12.7. The molecule has 1 aliphatic rings. The van der Waals surface area contributed by atoms with Crippen LogP contribution in [0.4, 0.5) is 0 Å². The highest BCUT2D eigenvalue weighted by atomic mass is 79.9. The van der Waals surface area contributed by atoms with Crippen molar-refractivity contribution in [3.05, 3.63) is 22.6 Å².